The second-order valence-corrected chi connectivity index (χ2v) is 2.14. The number of imidazole rings is 1. The number of nitrogens with one attached hydrogen (secondary N) is 1. The monoisotopic (exact) mass is 258 g/mol. The van der Waals surface area contributed by atoms with E-state index in [0.717, 1.165) is 0 Å². The average molecular weight is 258 g/mol. The van der Waals surface area contributed by atoms with Crippen LogP contribution in [0.5, 0.6) is 0 Å². The molecule has 0 radical (unpaired) electrons. The van der Waals surface area contributed by atoms with Gasteiger partial charge in [0.15, 0.2) is 6.20 Å². The molecule has 1 N–H and O–H groups in total. The van der Waals surface area contributed by atoms with Crippen LogP contribution < -0.4 is 5.53 Å². The summed E-state index contributed by atoms with van der Waals surface area (Å²) in [6.45, 7) is 0. The van der Waals surface area contributed by atoms with Crippen LogP contribution in [-0.4, -0.2) is 75.9 Å². The first kappa shape index (κ1) is 14.8. The van der Waals surface area contributed by atoms with Gasteiger partial charge in [-0.2, -0.15) is 0 Å². The molecule has 1 heterocycles. The summed E-state index contributed by atoms with van der Waals surface area (Å²) in [5.41, 5.74) is 1.36. The van der Waals surface area contributed by atoms with Crippen LogP contribution in [0.15, 0.2) is 6.20 Å². The van der Waals surface area contributed by atoms with Crippen LogP contribution in [0.1, 0.15) is 0 Å². The Balaban J connectivity index is 0.00000225. The number of aromatic nitrogens is 2. The van der Waals surface area contributed by atoms with Gasteiger partial charge in [0.25, 0.3) is 0 Å². The number of rotatable bonds is 4. The molecule has 0 aromatic carbocycles. The van der Waals surface area contributed by atoms with E-state index in [1.54, 1.807) is 0 Å². The molecule has 0 atom stereocenters. The van der Waals surface area contributed by atoms with Crippen LogP contribution in [0.2, 0.25) is 0 Å². The third-order valence-electron chi connectivity index (χ3n) is 1.21. The number of hydrazine groups is 1. The molecular weight excluding hydrogens is 255 g/mol. The molecule has 12 nitrogen and oxygen atoms in total. The summed E-state index contributed by atoms with van der Waals surface area (Å²) in [5, 5.41) is 29.3. The minimum absolute atomic E-state index is 0. The van der Waals surface area contributed by atoms with Crippen molar-refractivity contribution in [3.8, 4) is 0 Å². The molecule has 0 amide bonds. The molecule has 1 aromatic rings. The summed E-state index contributed by atoms with van der Waals surface area (Å²) in [4.78, 5) is 31.3. The molecule has 0 aliphatic rings. The summed E-state index contributed by atoms with van der Waals surface area (Å²) in [6.07, 6.45) is 0.529. The third-order valence-corrected chi connectivity index (χ3v) is 1.21. The molecule has 0 saturated carbocycles. The second-order valence-electron chi connectivity index (χ2n) is 2.14. The first-order chi connectivity index (χ1) is 6.91. The Kier molecular flexibility index (Phi) is 5.38. The van der Waals surface area contributed by atoms with Gasteiger partial charge in [-0.15, -0.1) is 0 Å². The predicted octanol–water partition coefficient (Wildman–Crippen LogP) is -1.21. The van der Waals surface area contributed by atoms with E-state index < -0.39 is 26.6 Å². The van der Waals surface area contributed by atoms with Gasteiger partial charge >= 0.3 is 63.2 Å². The van der Waals surface area contributed by atoms with Crippen molar-refractivity contribution in [1.29, 1.82) is 0 Å². The first-order valence-electron chi connectivity index (χ1n) is 3.21. The van der Waals surface area contributed by atoms with Gasteiger partial charge in [-0.3, -0.25) is 0 Å². The van der Waals surface area contributed by atoms with E-state index in [4.69, 9.17) is 0 Å². The molecule has 82 valence electrons. The minimum atomic E-state index is -1.11. The van der Waals surface area contributed by atoms with E-state index in [2.05, 4.69) is 4.98 Å². The zero-order chi connectivity index (χ0) is 11.6. The van der Waals surface area contributed by atoms with Gasteiger partial charge in [-0.25, -0.2) is 0 Å². The van der Waals surface area contributed by atoms with Gasteiger partial charge in [0, 0.05) is 5.03 Å². The van der Waals surface area contributed by atoms with E-state index >= 15 is 0 Å². The molecule has 0 saturated heterocycles. The Morgan fingerprint density at radius 3 is 2.12 bits per heavy atom. The number of nitro groups is 3. The summed E-state index contributed by atoms with van der Waals surface area (Å²) in [7, 11) is 0. The molecule has 0 spiro atoms. The van der Waals surface area contributed by atoms with E-state index in [9.17, 15) is 30.3 Å². The van der Waals surface area contributed by atoms with Gasteiger partial charge in [0.05, 0.1) is 0 Å². The fourth-order valence-electron chi connectivity index (χ4n) is 0.737. The molecule has 0 aliphatic heterocycles. The summed E-state index contributed by atoms with van der Waals surface area (Å²) in [6, 6.07) is 0. The van der Waals surface area contributed by atoms with E-state index in [-0.39, 0.29) is 56.1 Å². The maximum absolute atomic E-state index is 10.3. The topological polar surface area (TPSA) is 159 Å². The van der Waals surface area contributed by atoms with Crippen LogP contribution in [0.4, 0.5) is 11.8 Å². The Bertz CT molecular complexity index is 441. The number of hydrogen-bond donors (Lipinski definition) is 1. The van der Waals surface area contributed by atoms with Crippen LogP contribution in [0.3, 0.4) is 0 Å². The van der Waals surface area contributed by atoms with Crippen LogP contribution in [0.25, 0.3) is 0 Å². The fourth-order valence-corrected chi connectivity index (χ4v) is 0.737. The van der Waals surface area contributed by atoms with Gasteiger partial charge in [-0.1, -0.05) is 10.2 Å². The van der Waals surface area contributed by atoms with E-state index in [1.165, 1.54) is 5.53 Å². The van der Waals surface area contributed by atoms with Crippen LogP contribution in [-0.2, 0) is 0 Å². The van der Waals surface area contributed by atoms with Crippen molar-refractivity contribution in [2.45, 2.75) is 0 Å². The molecule has 0 bridgehead atoms. The van der Waals surface area contributed by atoms with Gasteiger partial charge in [-0.05, 0) is 14.8 Å². The molecular formula is C3H3KN6O6. The molecule has 0 unspecified atom stereocenters. The van der Waals surface area contributed by atoms with Crippen LogP contribution >= 0.6 is 0 Å². The normalized spacial score (nSPS) is 9.00. The number of nitrogens with zero attached hydrogens (tertiary/aromatic N) is 5. The van der Waals surface area contributed by atoms with Crippen molar-refractivity contribution < 1.29 is 14.9 Å². The standard InChI is InChI=1S/C3H2N6O6.K.H/c10-7(11)2-1-6(5-9(14)15)3(4-2)8(12)13;;/h1,5H;;. The first-order valence-corrected chi connectivity index (χ1v) is 3.21. The van der Waals surface area contributed by atoms with Gasteiger partial charge < -0.3 is 30.3 Å². The summed E-state index contributed by atoms with van der Waals surface area (Å²) >= 11 is 0. The Labute approximate surface area is 128 Å². The maximum atomic E-state index is 10.3. The van der Waals surface area contributed by atoms with Crippen molar-refractivity contribution >= 4 is 63.2 Å². The molecule has 1 rings (SSSR count). The molecule has 16 heavy (non-hydrogen) atoms. The Morgan fingerprint density at radius 2 is 1.75 bits per heavy atom. The summed E-state index contributed by atoms with van der Waals surface area (Å²) in [5.74, 6) is -1.91. The van der Waals surface area contributed by atoms with E-state index in [0.29, 0.717) is 6.20 Å². The fraction of sp³-hybridized carbons (Fsp3) is 0. The zero-order valence-electron chi connectivity index (χ0n) is 6.76. The zero-order valence-corrected chi connectivity index (χ0v) is 6.76. The molecule has 0 fully saturated rings. The van der Waals surface area contributed by atoms with Crippen molar-refractivity contribution in [2.24, 2.45) is 0 Å². The average Bonchev–Trinajstić information content (AvgIpc) is 2.46. The Hall–Kier alpha value is -1.15. The van der Waals surface area contributed by atoms with Crippen molar-refractivity contribution in [1.82, 2.24) is 9.66 Å². The van der Waals surface area contributed by atoms with Gasteiger partial charge in [0.1, 0.15) is 0 Å². The predicted molar refractivity (Wildman–Crippen MR) is 49.0 cm³/mol. The van der Waals surface area contributed by atoms with Crippen molar-refractivity contribution in [2.75, 3.05) is 5.53 Å². The van der Waals surface area contributed by atoms with Crippen molar-refractivity contribution in [3.05, 3.63) is 36.5 Å². The number of hydrogen-bond acceptors (Lipinski definition) is 7. The van der Waals surface area contributed by atoms with Crippen LogP contribution in [0, 0.1) is 30.3 Å². The quantitative estimate of drug-likeness (QED) is 0.399. The second kappa shape index (κ2) is 5.80. The summed E-state index contributed by atoms with van der Waals surface area (Å²) < 4.78 is 0.234. The van der Waals surface area contributed by atoms with E-state index in [1.807, 2.05) is 0 Å². The van der Waals surface area contributed by atoms with Gasteiger partial charge in [0.2, 0.25) is 0 Å². The SMILES string of the molecule is O=[N+]([O-])Nn1cc([N+](=O)[O-])nc1[N+](=O)[O-].[KH]. The molecule has 0 aliphatic carbocycles. The Morgan fingerprint density at radius 1 is 1.19 bits per heavy atom. The molecule has 1 aromatic heterocycles. The third kappa shape index (κ3) is 3.45. The van der Waals surface area contributed by atoms with Crippen molar-refractivity contribution in [3.63, 3.8) is 0 Å². The molecule has 13 heteroatoms.